The minimum Gasteiger partial charge on any atom is -0.236 e. The van der Waals surface area contributed by atoms with Gasteiger partial charge in [0.05, 0.1) is 13.6 Å². The molecular formula is C12H14ClNSi. The highest BCUT2D eigenvalue weighted by atomic mass is 35.5. The molecule has 78 valence electrons. The number of aromatic nitrogens is 1. The van der Waals surface area contributed by atoms with E-state index in [4.69, 9.17) is 11.6 Å². The number of rotatable bonds is 1. The van der Waals surface area contributed by atoms with Crippen LogP contribution in [0.5, 0.6) is 0 Å². The highest BCUT2D eigenvalue weighted by Crippen LogP contribution is 2.16. The van der Waals surface area contributed by atoms with Crippen LogP contribution in [0.4, 0.5) is 0 Å². The summed E-state index contributed by atoms with van der Waals surface area (Å²) in [6, 6.07) is 10.3. The fraction of sp³-hybridized carbons (Fsp3) is 0.250. The average molecular weight is 236 g/mol. The van der Waals surface area contributed by atoms with E-state index in [-0.39, 0.29) is 0 Å². The first kappa shape index (κ1) is 10.6. The number of fused-ring (bicyclic) bond motifs is 1. The first-order valence-electron chi connectivity index (χ1n) is 5.04. The lowest BCUT2D eigenvalue weighted by Crippen LogP contribution is -2.38. The minimum absolute atomic E-state index is 0.565. The van der Waals surface area contributed by atoms with E-state index in [9.17, 15) is 0 Å². The molecular weight excluding hydrogens is 222 g/mol. The maximum absolute atomic E-state index is 5.89. The summed E-state index contributed by atoms with van der Waals surface area (Å²) in [4.78, 5) is 4.34. The van der Waals surface area contributed by atoms with Crippen molar-refractivity contribution in [3.8, 4) is 0 Å². The molecule has 0 N–H and O–H groups in total. The molecule has 3 heteroatoms. The Morgan fingerprint density at radius 3 is 2.47 bits per heavy atom. The van der Waals surface area contributed by atoms with Crippen LogP contribution in [0.1, 0.15) is 0 Å². The maximum Gasteiger partial charge on any atom is 0.129 e. The van der Waals surface area contributed by atoms with Gasteiger partial charge in [0, 0.05) is 0 Å². The topological polar surface area (TPSA) is 12.9 Å². The van der Waals surface area contributed by atoms with E-state index in [1.54, 1.807) is 0 Å². The summed E-state index contributed by atoms with van der Waals surface area (Å²) in [5.41, 5.74) is 1.00. The molecule has 0 unspecified atom stereocenters. The number of nitrogens with zero attached hydrogens (tertiary/aromatic N) is 1. The molecule has 0 amide bonds. The van der Waals surface area contributed by atoms with Crippen LogP contribution in [-0.2, 0) is 0 Å². The largest absolute Gasteiger partial charge is 0.236 e. The minimum atomic E-state index is -1.30. The van der Waals surface area contributed by atoms with E-state index in [2.05, 4.69) is 42.8 Å². The molecule has 0 aliphatic heterocycles. The quantitative estimate of drug-likeness (QED) is 0.545. The lowest BCUT2D eigenvalue weighted by molar-refractivity contribution is 1.41. The lowest BCUT2D eigenvalue weighted by atomic mass is 10.2. The van der Waals surface area contributed by atoms with Gasteiger partial charge in [-0.25, -0.2) is 4.98 Å². The first-order chi connectivity index (χ1) is 6.98. The predicted octanol–water partition coefficient (Wildman–Crippen LogP) is 3.43. The number of benzene rings is 1. The van der Waals surface area contributed by atoms with Crippen molar-refractivity contribution in [2.75, 3.05) is 0 Å². The number of hydrogen-bond donors (Lipinski definition) is 0. The van der Waals surface area contributed by atoms with Crippen molar-refractivity contribution in [2.24, 2.45) is 0 Å². The van der Waals surface area contributed by atoms with Gasteiger partial charge in [-0.1, -0.05) is 48.6 Å². The first-order valence-corrected chi connectivity index (χ1v) is 8.92. The van der Waals surface area contributed by atoms with Gasteiger partial charge in [0.2, 0.25) is 0 Å². The van der Waals surface area contributed by atoms with Crippen molar-refractivity contribution in [3.05, 3.63) is 35.5 Å². The Labute approximate surface area is 96.1 Å². The zero-order valence-corrected chi connectivity index (χ0v) is 11.0. The van der Waals surface area contributed by atoms with E-state index >= 15 is 0 Å². The second-order valence-electron chi connectivity index (χ2n) is 4.76. The highest BCUT2D eigenvalue weighted by Gasteiger charge is 2.18. The highest BCUT2D eigenvalue weighted by molar-refractivity contribution is 6.90. The molecule has 1 heterocycles. The molecule has 0 radical (unpaired) electrons. The van der Waals surface area contributed by atoms with Crippen LogP contribution in [0, 0.1) is 0 Å². The van der Waals surface area contributed by atoms with Crippen LogP contribution in [0.25, 0.3) is 10.9 Å². The second-order valence-corrected chi connectivity index (χ2v) is 10.2. The van der Waals surface area contributed by atoms with Crippen LogP contribution in [0.15, 0.2) is 30.3 Å². The lowest BCUT2D eigenvalue weighted by Gasteiger charge is -2.18. The molecule has 0 fully saturated rings. The summed E-state index contributed by atoms with van der Waals surface area (Å²) in [6.45, 7) is 7.03. The van der Waals surface area contributed by atoms with E-state index < -0.39 is 8.07 Å². The SMILES string of the molecule is C[Si](C)(C)c1cccc2nc(Cl)ccc12. The molecule has 1 aromatic carbocycles. The molecule has 0 atom stereocenters. The van der Waals surface area contributed by atoms with Crippen molar-refractivity contribution in [1.82, 2.24) is 4.98 Å². The normalized spacial score (nSPS) is 12.0. The molecule has 0 spiro atoms. The summed E-state index contributed by atoms with van der Waals surface area (Å²) in [6.07, 6.45) is 0. The smallest absolute Gasteiger partial charge is 0.129 e. The average Bonchev–Trinajstić information content (AvgIpc) is 2.15. The van der Waals surface area contributed by atoms with E-state index in [0.717, 1.165) is 5.52 Å². The zero-order valence-electron chi connectivity index (χ0n) is 9.21. The fourth-order valence-electron chi connectivity index (χ4n) is 1.78. The van der Waals surface area contributed by atoms with Crippen molar-refractivity contribution in [1.29, 1.82) is 0 Å². The Morgan fingerprint density at radius 2 is 1.80 bits per heavy atom. The number of pyridine rings is 1. The van der Waals surface area contributed by atoms with Gasteiger partial charge >= 0.3 is 0 Å². The second kappa shape index (κ2) is 3.61. The van der Waals surface area contributed by atoms with Gasteiger partial charge in [-0.2, -0.15) is 0 Å². The van der Waals surface area contributed by atoms with Crippen molar-refractivity contribution < 1.29 is 0 Å². The molecule has 0 saturated heterocycles. The molecule has 0 saturated carbocycles. The summed E-state index contributed by atoms with van der Waals surface area (Å²) in [5.74, 6) is 0. The van der Waals surface area contributed by atoms with Crippen molar-refractivity contribution >= 4 is 35.8 Å². The summed E-state index contributed by atoms with van der Waals surface area (Å²) in [5, 5.41) is 3.26. The summed E-state index contributed by atoms with van der Waals surface area (Å²) >= 11 is 5.89. The molecule has 0 aliphatic rings. The third-order valence-electron chi connectivity index (χ3n) is 2.51. The van der Waals surface area contributed by atoms with Gasteiger partial charge in [-0.05, 0) is 23.6 Å². The number of hydrogen-bond acceptors (Lipinski definition) is 1. The Bertz CT molecular complexity index is 502. The third kappa shape index (κ3) is 2.06. The molecule has 1 nitrogen and oxygen atoms in total. The molecule has 15 heavy (non-hydrogen) atoms. The number of halogens is 1. The standard InChI is InChI=1S/C12H14ClNSi/c1-15(2,3)11-6-4-5-10-9(11)7-8-12(13)14-10/h4-8H,1-3H3. The Morgan fingerprint density at radius 1 is 1.07 bits per heavy atom. The van der Waals surface area contributed by atoms with Crippen LogP contribution in [0.3, 0.4) is 0 Å². The monoisotopic (exact) mass is 235 g/mol. The van der Waals surface area contributed by atoms with Crippen LogP contribution < -0.4 is 5.19 Å². The van der Waals surface area contributed by atoms with Gasteiger partial charge < -0.3 is 0 Å². The van der Waals surface area contributed by atoms with Crippen molar-refractivity contribution in [3.63, 3.8) is 0 Å². The molecule has 2 rings (SSSR count). The predicted molar refractivity (Wildman–Crippen MR) is 69.7 cm³/mol. The van der Waals surface area contributed by atoms with E-state index in [1.807, 2.05) is 12.1 Å². The third-order valence-corrected chi connectivity index (χ3v) is 4.77. The molecule has 2 aromatic rings. The maximum atomic E-state index is 5.89. The fourth-order valence-corrected chi connectivity index (χ4v) is 3.55. The Balaban J connectivity index is 2.77. The van der Waals surface area contributed by atoms with Gasteiger partial charge in [-0.3, -0.25) is 0 Å². The van der Waals surface area contributed by atoms with E-state index in [1.165, 1.54) is 10.6 Å². The Hall–Kier alpha value is -0.863. The van der Waals surface area contributed by atoms with Gasteiger partial charge in [0.1, 0.15) is 5.15 Å². The van der Waals surface area contributed by atoms with Crippen LogP contribution in [-0.4, -0.2) is 13.1 Å². The van der Waals surface area contributed by atoms with Gasteiger partial charge in [-0.15, -0.1) is 0 Å². The van der Waals surface area contributed by atoms with E-state index in [0.29, 0.717) is 5.15 Å². The summed E-state index contributed by atoms with van der Waals surface area (Å²) < 4.78 is 0. The van der Waals surface area contributed by atoms with Gasteiger partial charge in [0.25, 0.3) is 0 Å². The molecule has 0 bridgehead atoms. The Kier molecular flexibility index (Phi) is 2.57. The van der Waals surface area contributed by atoms with Crippen molar-refractivity contribution in [2.45, 2.75) is 19.6 Å². The molecule has 1 aromatic heterocycles. The van der Waals surface area contributed by atoms with Gasteiger partial charge in [0.15, 0.2) is 0 Å². The molecule has 0 aliphatic carbocycles. The van der Waals surface area contributed by atoms with Crippen LogP contribution in [0.2, 0.25) is 24.8 Å². The van der Waals surface area contributed by atoms with Crippen LogP contribution >= 0.6 is 11.6 Å². The zero-order chi connectivity index (χ0) is 11.1. The summed E-state index contributed by atoms with van der Waals surface area (Å²) in [7, 11) is -1.30.